The summed E-state index contributed by atoms with van der Waals surface area (Å²) in [5.41, 5.74) is 0.159. The minimum Gasteiger partial charge on any atom is -0.476 e. The molecule has 2 aromatic rings. The molecule has 19 heavy (non-hydrogen) atoms. The predicted molar refractivity (Wildman–Crippen MR) is 76.1 cm³/mol. The molecule has 2 N–H and O–H groups in total. The molecule has 6 nitrogen and oxygen atoms in total. The van der Waals surface area contributed by atoms with Crippen molar-refractivity contribution in [1.29, 1.82) is 0 Å². The lowest BCUT2D eigenvalue weighted by molar-refractivity contribution is 0.0691. The Hall–Kier alpha value is -2.03. The van der Waals surface area contributed by atoms with Crippen molar-refractivity contribution in [3.8, 4) is 0 Å². The van der Waals surface area contributed by atoms with Crippen LogP contribution in [0.3, 0.4) is 0 Å². The lowest BCUT2D eigenvalue weighted by Gasteiger charge is -2.07. The lowest BCUT2D eigenvalue weighted by Crippen LogP contribution is -2.17. The topological polar surface area (TPSA) is 92.2 Å². The van der Waals surface area contributed by atoms with Crippen LogP contribution in [0.4, 0.5) is 5.82 Å². The first-order valence-electron chi connectivity index (χ1n) is 5.20. The van der Waals surface area contributed by atoms with Crippen molar-refractivity contribution >= 4 is 40.3 Å². The Kier molecular flexibility index (Phi) is 4.05. The molecule has 0 radical (unpaired) electrons. The second kappa shape index (κ2) is 5.74. The lowest BCUT2D eigenvalue weighted by atomic mass is 10.2. The molecule has 0 fully saturated rings. The van der Waals surface area contributed by atoms with Crippen LogP contribution in [0.15, 0.2) is 36.7 Å². The third-order valence-electron chi connectivity index (χ3n) is 2.25. The Morgan fingerprint density at radius 3 is 2.53 bits per heavy atom. The van der Waals surface area contributed by atoms with Crippen LogP contribution < -0.4 is 5.32 Å². The molecule has 0 unspecified atom stereocenters. The second-order valence-corrected chi connectivity index (χ2v) is 4.65. The van der Waals surface area contributed by atoms with Gasteiger partial charge in [0.1, 0.15) is 0 Å². The number of carboxylic acids is 1. The van der Waals surface area contributed by atoms with Gasteiger partial charge in [0.05, 0.1) is 5.56 Å². The summed E-state index contributed by atoms with van der Waals surface area (Å²) in [4.78, 5) is 30.5. The highest BCUT2D eigenvalue weighted by Crippen LogP contribution is 2.15. The molecule has 2 rings (SSSR count). The van der Waals surface area contributed by atoms with E-state index < -0.39 is 11.9 Å². The summed E-state index contributed by atoms with van der Waals surface area (Å²) < 4.78 is 0.762. The Labute approximate surface area is 122 Å². The number of aromatic carboxylic acids is 1. The average Bonchev–Trinajstić information content (AvgIpc) is 2.39. The second-order valence-electron chi connectivity index (χ2n) is 3.49. The fourth-order valence-electron chi connectivity index (χ4n) is 1.41. The van der Waals surface area contributed by atoms with Crippen LogP contribution >= 0.6 is 22.6 Å². The molecule has 1 aromatic carbocycles. The van der Waals surface area contributed by atoms with Crippen molar-refractivity contribution in [2.45, 2.75) is 0 Å². The highest BCUT2D eigenvalue weighted by atomic mass is 127. The van der Waals surface area contributed by atoms with Gasteiger partial charge >= 0.3 is 5.97 Å². The number of nitrogens with one attached hydrogen (secondary N) is 1. The molecule has 1 heterocycles. The van der Waals surface area contributed by atoms with Crippen molar-refractivity contribution in [3.05, 3.63) is 51.5 Å². The summed E-state index contributed by atoms with van der Waals surface area (Å²) in [5, 5.41) is 11.4. The van der Waals surface area contributed by atoms with E-state index in [9.17, 15) is 9.59 Å². The van der Waals surface area contributed by atoms with Crippen molar-refractivity contribution < 1.29 is 14.7 Å². The first-order valence-corrected chi connectivity index (χ1v) is 6.27. The van der Waals surface area contributed by atoms with E-state index in [0.29, 0.717) is 5.56 Å². The number of carbonyl (C=O) groups is 2. The fraction of sp³-hybridized carbons (Fsp3) is 0. The third-order valence-corrected chi connectivity index (χ3v) is 3.19. The van der Waals surface area contributed by atoms with Gasteiger partial charge in [-0.3, -0.25) is 4.79 Å². The van der Waals surface area contributed by atoms with E-state index in [1.807, 2.05) is 28.7 Å². The van der Waals surface area contributed by atoms with E-state index >= 15 is 0 Å². The average molecular weight is 369 g/mol. The number of hydrogen-bond acceptors (Lipinski definition) is 4. The van der Waals surface area contributed by atoms with Crippen molar-refractivity contribution in [2.75, 3.05) is 5.32 Å². The number of carboxylic acid groups (broad SMARTS) is 1. The molecule has 0 aliphatic carbocycles. The molecular weight excluding hydrogens is 361 g/mol. The minimum atomic E-state index is -1.24. The molecule has 0 atom stereocenters. The normalized spacial score (nSPS) is 9.95. The molecular formula is C12H8IN3O3. The molecule has 1 amide bonds. The molecule has 0 spiro atoms. The number of hydrogen-bond donors (Lipinski definition) is 2. The van der Waals surface area contributed by atoms with Crippen molar-refractivity contribution in [2.24, 2.45) is 0 Å². The van der Waals surface area contributed by atoms with Gasteiger partial charge in [0.2, 0.25) is 0 Å². The van der Waals surface area contributed by atoms with E-state index in [4.69, 9.17) is 5.11 Å². The summed E-state index contributed by atoms with van der Waals surface area (Å²) in [6.07, 6.45) is 2.57. The quantitative estimate of drug-likeness (QED) is 0.808. The molecule has 96 valence electrons. The van der Waals surface area contributed by atoms with Crippen LogP contribution in [-0.4, -0.2) is 27.0 Å². The first kappa shape index (κ1) is 13.4. The number of anilines is 1. The summed E-state index contributed by atoms with van der Waals surface area (Å²) in [5.74, 6) is -1.74. The summed E-state index contributed by atoms with van der Waals surface area (Å²) in [7, 11) is 0. The maximum absolute atomic E-state index is 12.0. The zero-order valence-corrected chi connectivity index (χ0v) is 11.7. The van der Waals surface area contributed by atoms with E-state index in [0.717, 1.165) is 3.57 Å². The fourth-order valence-corrected chi connectivity index (χ4v) is 2.04. The zero-order chi connectivity index (χ0) is 13.8. The van der Waals surface area contributed by atoms with Gasteiger partial charge in [-0.1, -0.05) is 12.1 Å². The summed E-state index contributed by atoms with van der Waals surface area (Å²) in [6.45, 7) is 0. The SMILES string of the molecule is O=C(Nc1nccnc1C(=O)O)c1ccccc1I. The van der Waals surface area contributed by atoms with Crippen LogP contribution in [0, 0.1) is 3.57 Å². The molecule has 0 saturated heterocycles. The van der Waals surface area contributed by atoms with Crippen LogP contribution in [-0.2, 0) is 0 Å². The van der Waals surface area contributed by atoms with Gasteiger partial charge in [-0.05, 0) is 34.7 Å². The largest absolute Gasteiger partial charge is 0.476 e. The van der Waals surface area contributed by atoms with E-state index in [1.165, 1.54) is 12.4 Å². The van der Waals surface area contributed by atoms with Gasteiger partial charge in [0.25, 0.3) is 5.91 Å². The van der Waals surface area contributed by atoms with Crippen molar-refractivity contribution in [3.63, 3.8) is 0 Å². The van der Waals surface area contributed by atoms with Crippen LogP contribution in [0.2, 0.25) is 0 Å². The molecule has 0 aliphatic heterocycles. The number of halogens is 1. The number of aromatic nitrogens is 2. The molecule has 0 bridgehead atoms. The van der Waals surface area contributed by atoms with Gasteiger partial charge in [0.15, 0.2) is 11.5 Å². The number of rotatable bonds is 3. The molecule has 0 aliphatic rings. The zero-order valence-electron chi connectivity index (χ0n) is 9.50. The summed E-state index contributed by atoms with van der Waals surface area (Å²) in [6, 6.07) is 6.97. The maximum atomic E-state index is 12.0. The molecule has 0 saturated carbocycles. The number of amides is 1. The molecule has 7 heteroatoms. The number of nitrogens with zero attached hydrogens (tertiary/aromatic N) is 2. The Morgan fingerprint density at radius 2 is 1.84 bits per heavy atom. The Balaban J connectivity index is 2.30. The number of carbonyl (C=O) groups excluding carboxylic acids is 1. The van der Waals surface area contributed by atoms with Crippen LogP contribution in [0.1, 0.15) is 20.8 Å². The highest BCUT2D eigenvalue weighted by Gasteiger charge is 2.16. The van der Waals surface area contributed by atoms with E-state index in [2.05, 4.69) is 15.3 Å². The van der Waals surface area contributed by atoms with Crippen molar-refractivity contribution in [1.82, 2.24) is 9.97 Å². The number of benzene rings is 1. The van der Waals surface area contributed by atoms with Crippen LogP contribution in [0.5, 0.6) is 0 Å². The maximum Gasteiger partial charge on any atom is 0.358 e. The summed E-state index contributed by atoms with van der Waals surface area (Å²) >= 11 is 2.03. The monoisotopic (exact) mass is 369 g/mol. The van der Waals surface area contributed by atoms with Gasteiger partial charge in [0, 0.05) is 16.0 Å². The Bertz CT molecular complexity index is 646. The third kappa shape index (κ3) is 3.05. The highest BCUT2D eigenvalue weighted by molar-refractivity contribution is 14.1. The van der Waals surface area contributed by atoms with Gasteiger partial charge in [-0.15, -0.1) is 0 Å². The van der Waals surface area contributed by atoms with Gasteiger partial charge < -0.3 is 10.4 Å². The van der Waals surface area contributed by atoms with E-state index in [1.54, 1.807) is 18.2 Å². The first-order chi connectivity index (χ1) is 9.09. The van der Waals surface area contributed by atoms with Gasteiger partial charge in [-0.25, -0.2) is 14.8 Å². The predicted octanol–water partition coefficient (Wildman–Crippen LogP) is 2.03. The Morgan fingerprint density at radius 1 is 1.16 bits per heavy atom. The standard InChI is InChI=1S/C12H8IN3O3/c13-8-4-2-1-3-7(8)11(17)16-10-9(12(18)19)14-5-6-15-10/h1-6H,(H,18,19)(H,15,16,17). The molecule has 1 aromatic heterocycles. The smallest absolute Gasteiger partial charge is 0.358 e. The van der Waals surface area contributed by atoms with E-state index in [-0.39, 0.29) is 11.5 Å². The van der Waals surface area contributed by atoms with Crippen LogP contribution in [0.25, 0.3) is 0 Å². The van der Waals surface area contributed by atoms with Gasteiger partial charge in [-0.2, -0.15) is 0 Å². The minimum absolute atomic E-state index is 0.0698.